The van der Waals surface area contributed by atoms with Crippen LogP contribution in [-0.4, -0.2) is 44.9 Å². The van der Waals surface area contributed by atoms with Crippen LogP contribution in [0.4, 0.5) is 11.4 Å². The average molecular weight is 441 g/mol. The van der Waals surface area contributed by atoms with Crippen molar-refractivity contribution >= 4 is 40.2 Å². The topological polar surface area (TPSA) is 139 Å². The fourth-order valence-corrected chi connectivity index (χ4v) is 3.35. The first kappa shape index (κ1) is 20.2. The van der Waals surface area contributed by atoms with Crippen molar-refractivity contribution in [1.29, 1.82) is 0 Å². The van der Waals surface area contributed by atoms with E-state index in [1.54, 1.807) is 49.3 Å². The zero-order chi connectivity index (χ0) is 22.3. The van der Waals surface area contributed by atoms with Gasteiger partial charge in [0.15, 0.2) is 0 Å². The highest BCUT2D eigenvalue weighted by Gasteiger charge is 2.15. The van der Waals surface area contributed by atoms with E-state index >= 15 is 0 Å². The van der Waals surface area contributed by atoms with E-state index in [1.165, 1.54) is 6.07 Å². The number of nitrogens with one attached hydrogen (secondary N) is 3. The minimum Gasteiger partial charge on any atom is -0.493 e. The quantitative estimate of drug-likeness (QED) is 0.359. The molecule has 0 atom stereocenters. The lowest BCUT2D eigenvalue weighted by Crippen LogP contribution is -2.31. The Morgan fingerprint density at radius 2 is 1.77 bits per heavy atom. The zero-order valence-corrected chi connectivity index (χ0v) is 17.2. The predicted octanol–water partition coefficient (Wildman–Crippen LogP) is 1.87. The molecule has 0 spiro atoms. The van der Waals surface area contributed by atoms with Gasteiger partial charge in [-0.3, -0.25) is 14.8 Å². The number of hydrogen-bond donors (Lipinski definition) is 4. The van der Waals surface area contributed by atoms with Crippen molar-refractivity contribution in [3.05, 3.63) is 78.3 Å². The molecule has 2 aromatic heterocycles. The first-order valence-corrected chi connectivity index (χ1v) is 9.44. The maximum atomic E-state index is 12.4. The first-order valence-electron chi connectivity index (χ1n) is 9.06. The number of imidazole rings is 1. The van der Waals surface area contributed by atoms with Crippen molar-refractivity contribution < 1.29 is 5.11 Å². The third-order valence-electron chi connectivity index (χ3n) is 4.61. The van der Waals surface area contributed by atoms with Crippen LogP contribution < -0.4 is 21.8 Å². The number of H-pyrrole nitrogens is 3. The van der Waals surface area contributed by atoms with Crippen molar-refractivity contribution in [3.63, 3.8) is 0 Å². The van der Waals surface area contributed by atoms with Gasteiger partial charge < -0.3 is 20.0 Å². The van der Waals surface area contributed by atoms with Gasteiger partial charge in [-0.15, -0.1) is 0 Å². The Kier molecular flexibility index (Phi) is 4.99. The number of rotatable bonds is 4. The Balaban J connectivity index is 1.88. The summed E-state index contributed by atoms with van der Waals surface area (Å²) in [6.45, 7) is 0. The molecule has 0 aliphatic heterocycles. The van der Waals surface area contributed by atoms with Gasteiger partial charge in [-0.05, 0) is 30.3 Å². The number of nitrogens with zero attached hydrogens (tertiary/aromatic N) is 3. The van der Waals surface area contributed by atoms with Gasteiger partial charge >= 0.3 is 11.4 Å². The van der Waals surface area contributed by atoms with Crippen LogP contribution in [0.1, 0.15) is 5.56 Å². The molecule has 158 valence electrons. The molecule has 0 aliphatic carbocycles. The number of aromatic nitrogens is 4. The number of aromatic amines is 3. The number of fused-ring (bicyclic) bond motifs is 1. The minimum atomic E-state index is -0.817. The molecule has 0 aliphatic rings. The monoisotopic (exact) mass is 440 g/mol. The van der Waals surface area contributed by atoms with E-state index in [9.17, 15) is 19.5 Å². The summed E-state index contributed by atoms with van der Waals surface area (Å²) < 4.78 is 0.925. The van der Waals surface area contributed by atoms with E-state index in [-0.39, 0.29) is 16.9 Å². The van der Waals surface area contributed by atoms with Crippen LogP contribution in [0.25, 0.3) is 16.7 Å². The van der Waals surface area contributed by atoms with Gasteiger partial charge in [0.05, 0.1) is 28.1 Å². The van der Waals surface area contributed by atoms with E-state index in [0.29, 0.717) is 27.4 Å². The zero-order valence-electron chi connectivity index (χ0n) is 16.4. The largest absolute Gasteiger partial charge is 0.493 e. The fraction of sp³-hybridized carbons (Fsp3) is 0.100. The summed E-state index contributed by atoms with van der Waals surface area (Å²) in [5, 5.41) is 11.0. The van der Waals surface area contributed by atoms with Crippen LogP contribution in [0.3, 0.4) is 0 Å². The van der Waals surface area contributed by atoms with Gasteiger partial charge in [0.25, 0.3) is 5.56 Å². The molecule has 0 saturated heterocycles. The summed E-state index contributed by atoms with van der Waals surface area (Å²) in [6, 6.07) is 9.63. The Morgan fingerprint density at radius 1 is 1.06 bits per heavy atom. The third-order valence-corrected chi connectivity index (χ3v) is 4.85. The van der Waals surface area contributed by atoms with Crippen molar-refractivity contribution in [3.8, 4) is 11.6 Å². The molecule has 11 heteroatoms. The molecule has 2 aromatic carbocycles. The fourth-order valence-electron chi connectivity index (χ4n) is 3.16. The van der Waals surface area contributed by atoms with Gasteiger partial charge in [-0.25, -0.2) is 14.2 Å². The number of aromatic hydroxyl groups is 1. The highest BCUT2D eigenvalue weighted by atomic mass is 35.5. The summed E-state index contributed by atoms with van der Waals surface area (Å²) in [5.74, 6) is -0.581. The van der Waals surface area contributed by atoms with Gasteiger partial charge in [-0.1, -0.05) is 17.7 Å². The Labute approximate surface area is 179 Å². The molecule has 0 radical (unpaired) electrons. The predicted molar refractivity (Wildman–Crippen MR) is 120 cm³/mol. The van der Waals surface area contributed by atoms with Crippen molar-refractivity contribution in [2.45, 2.75) is 0 Å². The molecule has 4 rings (SSSR count). The summed E-state index contributed by atoms with van der Waals surface area (Å²) >= 11 is 5.98. The molecule has 4 N–H and O–H groups in total. The molecule has 10 nitrogen and oxygen atoms in total. The van der Waals surface area contributed by atoms with Gasteiger partial charge in [0.2, 0.25) is 5.88 Å². The average Bonchev–Trinajstić information content (AvgIpc) is 3.05. The minimum absolute atomic E-state index is 0.216. The molecule has 0 fully saturated rings. The summed E-state index contributed by atoms with van der Waals surface area (Å²) in [7, 11) is 3.60. The Bertz CT molecular complexity index is 1510. The molecule has 0 unspecified atom stereocenters. The molecule has 0 saturated carbocycles. The molecule has 4 aromatic rings. The molecule has 0 amide bonds. The van der Waals surface area contributed by atoms with Crippen LogP contribution in [0.2, 0.25) is 5.02 Å². The third kappa shape index (κ3) is 3.76. The molecule has 0 bridgehead atoms. The van der Waals surface area contributed by atoms with Crippen molar-refractivity contribution in [2.75, 3.05) is 19.0 Å². The number of aliphatic imine (C=N–C) groups is 1. The first-order chi connectivity index (χ1) is 14.7. The second kappa shape index (κ2) is 7.65. The van der Waals surface area contributed by atoms with E-state index in [1.807, 2.05) is 0 Å². The van der Waals surface area contributed by atoms with Crippen LogP contribution in [-0.2, 0) is 0 Å². The highest BCUT2D eigenvalue weighted by Crippen LogP contribution is 2.31. The standard InChI is InChI=1S/C20H17ClN6O4/c1-26(2)16-8-14-13(23-19(30)24-14)7-15(16)22-9-12-17(28)25-20(31)27(18(12)29)11-5-3-4-10(21)6-11/h3-9,29H,1-2H3,(H2,23,24,30)(H,25,28,31). The second-order valence-electron chi connectivity index (χ2n) is 6.93. The summed E-state index contributed by atoms with van der Waals surface area (Å²) in [4.78, 5) is 49.9. The van der Waals surface area contributed by atoms with Gasteiger partial charge in [-0.2, -0.15) is 0 Å². The van der Waals surface area contributed by atoms with Crippen LogP contribution >= 0.6 is 11.6 Å². The number of halogens is 1. The smallest absolute Gasteiger partial charge is 0.335 e. The van der Waals surface area contributed by atoms with Crippen LogP contribution in [0.5, 0.6) is 5.88 Å². The molecule has 31 heavy (non-hydrogen) atoms. The van der Waals surface area contributed by atoms with E-state index in [2.05, 4.69) is 19.9 Å². The van der Waals surface area contributed by atoms with E-state index < -0.39 is 17.1 Å². The number of anilines is 1. The van der Waals surface area contributed by atoms with Gasteiger partial charge in [0, 0.05) is 25.3 Å². The molecule has 2 heterocycles. The Hall–Kier alpha value is -4.05. The lowest BCUT2D eigenvalue weighted by molar-refractivity contribution is 0.430. The number of benzene rings is 2. The van der Waals surface area contributed by atoms with Gasteiger partial charge in [0.1, 0.15) is 5.56 Å². The maximum Gasteiger partial charge on any atom is 0.335 e. The van der Waals surface area contributed by atoms with E-state index in [4.69, 9.17) is 11.6 Å². The lowest BCUT2D eigenvalue weighted by atomic mass is 10.2. The van der Waals surface area contributed by atoms with Crippen molar-refractivity contribution in [1.82, 2.24) is 19.5 Å². The normalized spacial score (nSPS) is 11.5. The molecular formula is C20H17ClN6O4. The number of hydrogen-bond acceptors (Lipinski definition) is 6. The lowest BCUT2D eigenvalue weighted by Gasteiger charge is -2.15. The van der Waals surface area contributed by atoms with Crippen molar-refractivity contribution in [2.24, 2.45) is 4.99 Å². The maximum absolute atomic E-state index is 12.4. The van der Waals surface area contributed by atoms with Crippen LogP contribution in [0.15, 0.2) is 55.8 Å². The SMILES string of the molecule is CN(C)c1cc2[nH]c(=O)[nH]c2cc1N=Cc1c(O)n(-c2cccc(Cl)c2)c(=O)[nH]c1=O. The second-order valence-corrected chi connectivity index (χ2v) is 7.37. The van der Waals surface area contributed by atoms with Crippen LogP contribution in [0, 0.1) is 0 Å². The molecular weight excluding hydrogens is 424 g/mol. The summed E-state index contributed by atoms with van der Waals surface area (Å²) in [6.07, 6.45) is 1.16. The summed E-state index contributed by atoms with van der Waals surface area (Å²) in [5.41, 5.74) is 0.323. The van der Waals surface area contributed by atoms with E-state index in [0.717, 1.165) is 10.8 Å². The Morgan fingerprint density at radius 3 is 2.45 bits per heavy atom. The highest BCUT2D eigenvalue weighted by molar-refractivity contribution is 6.30.